The number of H-pyrrole nitrogens is 1. The molecule has 0 saturated heterocycles. The average molecular weight is 325 g/mol. The molecule has 0 aliphatic rings. The van der Waals surface area contributed by atoms with Crippen molar-refractivity contribution >= 4 is 11.5 Å². The number of hydrogen-bond donors (Lipinski definition) is 2. The Bertz CT molecular complexity index is 866. The van der Waals surface area contributed by atoms with Gasteiger partial charge in [-0.3, -0.25) is 9.89 Å². The van der Waals surface area contributed by atoms with Crippen molar-refractivity contribution in [3.63, 3.8) is 0 Å². The largest absolute Gasteiger partial charge is 0.504 e. The Morgan fingerprint density at radius 1 is 1.42 bits per heavy atom. The number of aromatic amines is 1. The summed E-state index contributed by atoms with van der Waals surface area (Å²) in [5.41, 5.74) is 1.29. The molecule has 0 unspecified atom stereocenters. The Morgan fingerprint density at radius 3 is 3.00 bits per heavy atom. The van der Waals surface area contributed by atoms with Gasteiger partial charge in [-0.2, -0.15) is 5.10 Å². The molecule has 2 heterocycles. The number of hydrogen-bond acceptors (Lipinski definition) is 6. The van der Waals surface area contributed by atoms with Crippen LogP contribution in [0.5, 0.6) is 5.75 Å². The lowest BCUT2D eigenvalue weighted by molar-refractivity contribution is 0.104. The molecular weight excluding hydrogens is 310 g/mol. The van der Waals surface area contributed by atoms with Crippen molar-refractivity contribution < 1.29 is 19.1 Å². The van der Waals surface area contributed by atoms with Crippen molar-refractivity contribution in [1.82, 2.24) is 15.2 Å². The van der Waals surface area contributed by atoms with Crippen LogP contribution in [0.25, 0.3) is 5.76 Å². The number of methoxy groups -OCH3 is 1. The minimum absolute atomic E-state index is 0.0566. The van der Waals surface area contributed by atoms with Crippen LogP contribution in [0.1, 0.15) is 27.5 Å². The molecule has 0 aliphatic heterocycles. The zero-order chi connectivity index (χ0) is 16.9. The number of rotatable bonds is 6. The number of allylic oxidation sites excluding steroid dienone is 1. The molecule has 0 radical (unpaired) electrons. The van der Waals surface area contributed by atoms with Gasteiger partial charge in [0.1, 0.15) is 24.1 Å². The highest BCUT2D eigenvalue weighted by molar-refractivity contribution is 6.07. The van der Waals surface area contributed by atoms with Gasteiger partial charge in [0.15, 0.2) is 11.5 Å². The zero-order valence-corrected chi connectivity index (χ0v) is 12.9. The molecule has 2 aromatic heterocycles. The Morgan fingerprint density at radius 2 is 2.25 bits per heavy atom. The average Bonchev–Trinajstić information content (AvgIpc) is 3.27. The number of aromatic nitrogens is 3. The van der Waals surface area contributed by atoms with Gasteiger partial charge in [0.05, 0.1) is 12.7 Å². The van der Waals surface area contributed by atoms with E-state index >= 15 is 0 Å². The van der Waals surface area contributed by atoms with Gasteiger partial charge in [-0.05, 0) is 12.1 Å². The zero-order valence-electron chi connectivity index (χ0n) is 12.9. The van der Waals surface area contributed by atoms with Crippen molar-refractivity contribution in [1.29, 1.82) is 0 Å². The number of furan rings is 1. The maximum atomic E-state index is 12.2. The van der Waals surface area contributed by atoms with Gasteiger partial charge in [0.2, 0.25) is 5.82 Å². The van der Waals surface area contributed by atoms with E-state index in [-0.39, 0.29) is 11.6 Å². The topological polar surface area (TPSA) is 101 Å². The van der Waals surface area contributed by atoms with Gasteiger partial charge < -0.3 is 14.3 Å². The lowest BCUT2D eigenvalue weighted by atomic mass is 10.1. The highest BCUT2D eigenvalue weighted by Crippen LogP contribution is 2.22. The summed E-state index contributed by atoms with van der Waals surface area (Å²) in [7, 11) is 1.60. The third-order valence-electron chi connectivity index (χ3n) is 3.41. The molecule has 0 saturated carbocycles. The lowest BCUT2D eigenvalue weighted by Gasteiger charge is -2.05. The Balaban J connectivity index is 1.76. The first-order chi connectivity index (χ1) is 11.7. The van der Waals surface area contributed by atoms with E-state index in [1.165, 1.54) is 12.6 Å². The van der Waals surface area contributed by atoms with E-state index in [4.69, 9.17) is 9.15 Å². The molecular formula is C17H15N3O4. The summed E-state index contributed by atoms with van der Waals surface area (Å²) in [6, 6.07) is 9.22. The summed E-state index contributed by atoms with van der Waals surface area (Å²) in [6.07, 6.45) is 4.22. The fourth-order valence-corrected chi connectivity index (χ4v) is 2.24. The van der Waals surface area contributed by atoms with Crippen molar-refractivity contribution in [3.8, 4) is 5.75 Å². The first kappa shape index (κ1) is 15.5. The van der Waals surface area contributed by atoms with Crippen molar-refractivity contribution in [2.24, 2.45) is 0 Å². The highest BCUT2D eigenvalue weighted by Gasteiger charge is 2.13. The van der Waals surface area contributed by atoms with Crippen molar-refractivity contribution in [2.45, 2.75) is 6.42 Å². The molecule has 3 rings (SSSR count). The maximum Gasteiger partial charge on any atom is 0.215 e. The molecule has 2 N–H and O–H groups in total. The number of ether oxygens (including phenoxy) is 1. The molecule has 0 atom stereocenters. The second-order valence-electron chi connectivity index (χ2n) is 5.01. The molecule has 0 spiro atoms. The third-order valence-corrected chi connectivity index (χ3v) is 3.41. The number of para-hydroxylation sites is 1. The van der Waals surface area contributed by atoms with Crippen LogP contribution in [0.2, 0.25) is 0 Å². The smallest absolute Gasteiger partial charge is 0.215 e. The van der Waals surface area contributed by atoms with E-state index in [0.29, 0.717) is 17.7 Å². The lowest BCUT2D eigenvalue weighted by Crippen LogP contribution is -1.96. The van der Waals surface area contributed by atoms with Crippen LogP contribution < -0.4 is 4.74 Å². The second-order valence-corrected chi connectivity index (χ2v) is 5.01. The number of carbonyl (C=O) groups is 1. The van der Waals surface area contributed by atoms with E-state index in [1.54, 1.807) is 13.2 Å². The number of aliphatic hydroxyl groups excluding tert-OH is 1. The summed E-state index contributed by atoms with van der Waals surface area (Å²) in [5.74, 6) is 0.722. The van der Waals surface area contributed by atoms with Gasteiger partial charge in [-0.15, -0.1) is 0 Å². The summed E-state index contributed by atoms with van der Waals surface area (Å²) in [4.78, 5) is 15.9. The van der Waals surface area contributed by atoms with Crippen LogP contribution in [-0.2, 0) is 6.42 Å². The summed E-state index contributed by atoms with van der Waals surface area (Å²) >= 11 is 0. The summed E-state index contributed by atoms with van der Waals surface area (Å²) < 4.78 is 10.7. The predicted molar refractivity (Wildman–Crippen MR) is 85.8 cm³/mol. The van der Waals surface area contributed by atoms with Gasteiger partial charge >= 0.3 is 0 Å². The number of nitrogens with one attached hydrogen (secondary N) is 1. The molecule has 3 aromatic rings. The molecule has 0 aliphatic carbocycles. The van der Waals surface area contributed by atoms with Crippen LogP contribution in [0.3, 0.4) is 0 Å². The number of carbonyl (C=O) groups excluding carboxylic acids is 1. The van der Waals surface area contributed by atoms with Gasteiger partial charge in [0, 0.05) is 18.1 Å². The second kappa shape index (κ2) is 6.82. The van der Waals surface area contributed by atoms with Crippen LogP contribution in [0.15, 0.2) is 53.4 Å². The molecule has 0 bridgehead atoms. The summed E-state index contributed by atoms with van der Waals surface area (Å²) in [6.45, 7) is 0. The fraction of sp³-hybridized carbons (Fsp3) is 0.118. The number of benzene rings is 1. The summed E-state index contributed by atoms with van der Waals surface area (Å²) in [5, 5.41) is 16.0. The standard InChI is InChI=1S/C17H15N3O4/c1-23-16-5-3-2-4-11(16)6-13-7-12(9-24-13)14(21)8-15(22)17-18-10-19-20-17/h2-5,7-10,22H,6H2,1H3,(H,18,19,20). The van der Waals surface area contributed by atoms with Gasteiger partial charge in [-0.1, -0.05) is 18.2 Å². The quantitative estimate of drug-likeness (QED) is 0.410. The Hall–Kier alpha value is -3.35. The maximum absolute atomic E-state index is 12.2. The van der Waals surface area contributed by atoms with E-state index in [1.807, 2.05) is 24.3 Å². The van der Waals surface area contributed by atoms with Crippen LogP contribution in [0.4, 0.5) is 0 Å². The van der Waals surface area contributed by atoms with Crippen LogP contribution >= 0.6 is 0 Å². The Kier molecular flexibility index (Phi) is 4.42. The third kappa shape index (κ3) is 3.35. The monoisotopic (exact) mass is 325 g/mol. The van der Waals surface area contributed by atoms with E-state index in [2.05, 4.69) is 15.2 Å². The minimum atomic E-state index is -0.396. The van der Waals surface area contributed by atoms with Crippen LogP contribution in [-0.4, -0.2) is 33.2 Å². The van der Waals surface area contributed by atoms with Gasteiger partial charge in [-0.25, -0.2) is 4.98 Å². The molecule has 1 aromatic carbocycles. The van der Waals surface area contributed by atoms with E-state index in [0.717, 1.165) is 17.4 Å². The van der Waals surface area contributed by atoms with Crippen LogP contribution in [0, 0.1) is 0 Å². The van der Waals surface area contributed by atoms with Crippen molar-refractivity contribution in [2.75, 3.05) is 7.11 Å². The molecule has 7 heteroatoms. The highest BCUT2D eigenvalue weighted by atomic mass is 16.5. The number of aliphatic hydroxyl groups is 1. The molecule has 0 amide bonds. The van der Waals surface area contributed by atoms with Gasteiger partial charge in [0.25, 0.3) is 0 Å². The van der Waals surface area contributed by atoms with E-state index in [9.17, 15) is 9.90 Å². The fourth-order valence-electron chi connectivity index (χ4n) is 2.24. The molecule has 24 heavy (non-hydrogen) atoms. The SMILES string of the molecule is COc1ccccc1Cc1cc(C(=O)C=C(O)c2nc[nH]n2)co1. The Labute approximate surface area is 137 Å². The number of ketones is 1. The minimum Gasteiger partial charge on any atom is -0.504 e. The molecule has 122 valence electrons. The normalized spacial score (nSPS) is 11.5. The predicted octanol–water partition coefficient (Wildman–Crippen LogP) is 2.78. The number of nitrogens with zero attached hydrogens (tertiary/aromatic N) is 2. The van der Waals surface area contributed by atoms with Crippen molar-refractivity contribution in [3.05, 3.63) is 71.7 Å². The first-order valence-electron chi connectivity index (χ1n) is 7.18. The molecule has 7 nitrogen and oxygen atoms in total. The van der Waals surface area contributed by atoms with E-state index < -0.39 is 5.78 Å². The molecule has 0 fully saturated rings. The first-order valence-corrected chi connectivity index (χ1v) is 7.18.